The van der Waals surface area contributed by atoms with Gasteiger partial charge in [0.2, 0.25) is 0 Å². The topological polar surface area (TPSA) is 76.4 Å². The minimum atomic E-state index is -0.374. The van der Waals surface area contributed by atoms with Gasteiger partial charge in [0.15, 0.2) is 0 Å². The first-order chi connectivity index (χ1) is 8.20. The number of carbonyl (C=O) groups excluding carboxylic acids is 2. The van der Waals surface area contributed by atoms with Crippen molar-refractivity contribution >= 4 is 11.9 Å². The lowest BCUT2D eigenvalue weighted by molar-refractivity contribution is -0.145. The van der Waals surface area contributed by atoms with Gasteiger partial charge in [-0.2, -0.15) is 5.26 Å². The maximum absolute atomic E-state index is 11.1. The number of esters is 2. The van der Waals surface area contributed by atoms with Gasteiger partial charge in [0, 0.05) is 12.8 Å². The number of unbranched alkanes of at least 4 members (excludes halogenated alkanes) is 1. The average Bonchev–Trinajstić information content (AvgIpc) is 2.30. The molecule has 0 aliphatic carbocycles. The second-order valence-corrected chi connectivity index (χ2v) is 3.56. The van der Waals surface area contributed by atoms with Crippen molar-refractivity contribution in [3.63, 3.8) is 0 Å². The molecule has 0 saturated carbocycles. The van der Waals surface area contributed by atoms with Gasteiger partial charge in [-0.25, -0.2) is 0 Å². The van der Waals surface area contributed by atoms with E-state index < -0.39 is 0 Å². The maximum Gasteiger partial charge on any atom is 0.305 e. The van der Waals surface area contributed by atoms with Crippen LogP contribution >= 0.6 is 0 Å². The van der Waals surface area contributed by atoms with Crippen molar-refractivity contribution in [2.24, 2.45) is 0 Å². The van der Waals surface area contributed by atoms with Gasteiger partial charge in [-0.15, -0.1) is 0 Å². The van der Waals surface area contributed by atoms with Crippen molar-refractivity contribution in [3.8, 4) is 6.07 Å². The van der Waals surface area contributed by atoms with E-state index in [2.05, 4.69) is 0 Å². The van der Waals surface area contributed by atoms with E-state index in [0.717, 1.165) is 12.8 Å². The molecule has 96 valence electrons. The van der Waals surface area contributed by atoms with Gasteiger partial charge in [0.05, 0.1) is 19.1 Å². The molecule has 0 aromatic rings. The summed E-state index contributed by atoms with van der Waals surface area (Å²) in [6, 6.07) is 1.87. The van der Waals surface area contributed by atoms with Gasteiger partial charge in [-0.3, -0.25) is 9.59 Å². The third kappa shape index (κ3) is 10.7. The molecule has 5 nitrogen and oxygen atoms in total. The van der Waals surface area contributed by atoms with Crippen LogP contribution in [-0.2, 0) is 19.1 Å². The second-order valence-electron chi connectivity index (χ2n) is 3.56. The minimum Gasteiger partial charge on any atom is -0.466 e. The van der Waals surface area contributed by atoms with Gasteiger partial charge < -0.3 is 9.47 Å². The van der Waals surface area contributed by atoms with E-state index in [1.54, 1.807) is 0 Å². The van der Waals surface area contributed by atoms with Crippen LogP contribution < -0.4 is 0 Å². The van der Waals surface area contributed by atoms with Crippen molar-refractivity contribution in [1.29, 1.82) is 5.26 Å². The number of nitriles is 1. The SMILES string of the molecule is CCCCOC(=O)CCCC(=O)OCCC#N. The summed E-state index contributed by atoms with van der Waals surface area (Å²) in [4.78, 5) is 22.2. The summed E-state index contributed by atoms with van der Waals surface area (Å²) in [6.07, 6.45) is 2.90. The van der Waals surface area contributed by atoms with Crippen LogP contribution in [0.5, 0.6) is 0 Å². The Morgan fingerprint density at radius 2 is 1.65 bits per heavy atom. The number of hydrogen-bond acceptors (Lipinski definition) is 5. The highest BCUT2D eigenvalue weighted by Gasteiger charge is 2.06. The number of rotatable bonds is 9. The van der Waals surface area contributed by atoms with Crippen molar-refractivity contribution in [2.75, 3.05) is 13.2 Å². The lowest BCUT2D eigenvalue weighted by Gasteiger charge is -2.04. The molecule has 17 heavy (non-hydrogen) atoms. The van der Waals surface area contributed by atoms with Crippen molar-refractivity contribution in [1.82, 2.24) is 0 Å². The average molecular weight is 241 g/mol. The first-order valence-corrected chi connectivity index (χ1v) is 5.89. The highest BCUT2D eigenvalue weighted by atomic mass is 16.5. The van der Waals surface area contributed by atoms with Crippen LogP contribution in [-0.4, -0.2) is 25.2 Å². The van der Waals surface area contributed by atoms with Crippen molar-refractivity contribution < 1.29 is 19.1 Å². The van der Waals surface area contributed by atoms with E-state index >= 15 is 0 Å². The molecular formula is C12H19NO4. The summed E-state index contributed by atoms with van der Waals surface area (Å²) in [6.45, 7) is 2.59. The summed E-state index contributed by atoms with van der Waals surface area (Å²) in [5, 5.41) is 8.23. The molecule has 0 aromatic heterocycles. The largest absolute Gasteiger partial charge is 0.466 e. The quantitative estimate of drug-likeness (QED) is 0.455. The Morgan fingerprint density at radius 3 is 2.18 bits per heavy atom. The van der Waals surface area contributed by atoms with E-state index in [4.69, 9.17) is 14.7 Å². The first kappa shape index (κ1) is 15.4. The molecular weight excluding hydrogens is 222 g/mol. The van der Waals surface area contributed by atoms with Crippen LogP contribution in [0.1, 0.15) is 45.4 Å². The Morgan fingerprint density at radius 1 is 1.06 bits per heavy atom. The standard InChI is InChI=1S/C12H19NO4/c1-2-3-9-16-11(14)6-4-7-12(15)17-10-5-8-13/h2-7,9-10H2,1H3. The smallest absolute Gasteiger partial charge is 0.305 e. The molecule has 0 radical (unpaired) electrons. The van der Waals surface area contributed by atoms with Gasteiger partial charge in [0.25, 0.3) is 0 Å². The fraction of sp³-hybridized carbons (Fsp3) is 0.750. The molecule has 0 aromatic carbocycles. The summed E-state index contributed by atoms with van der Waals surface area (Å²) < 4.78 is 9.68. The molecule has 0 heterocycles. The van der Waals surface area contributed by atoms with Gasteiger partial charge in [0.1, 0.15) is 6.61 Å². The molecule has 0 spiro atoms. The maximum atomic E-state index is 11.1. The number of nitrogens with zero attached hydrogens (tertiary/aromatic N) is 1. The highest BCUT2D eigenvalue weighted by Crippen LogP contribution is 2.01. The van der Waals surface area contributed by atoms with Gasteiger partial charge in [-0.1, -0.05) is 13.3 Å². The van der Waals surface area contributed by atoms with E-state index in [-0.39, 0.29) is 37.8 Å². The van der Waals surface area contributed by atoms with E-state index in [0.29, 0.717) is 13.0 Å². The highest BCUT2D eigenvalue weighted by molar-refractivity contribution is 5.72. The lowest BCUT2D eigenvalue weighted by Crippen LogP contribution is -2.09. The zero-order valence-corrected chi connectivity index (χ0v) is 10.2. The van der Waals surface area contributed by atoms with Crippen molar-refractivity contribution in [3.05, 3.63) is 0 Å². The molecule has 0 fully saturated rings. The predicted octanol–water partition coefficient (Wildman–Crippen LogP) is 1.96. The van der Waals surface area contributed by atoms with Crippen LogP contribution in [0.25, 0.3) is 0 Å². The Bertz CT molecular complexity index is 270. The Labute approximate surface area is 102 Å². The molecule has 0 aliphatic rings. The fourth-order valence-electron chi connectivity index (χ4n) is 1.06. The van der Waals surface area contributed by atoms with Gasteiger partial charge in [-0.05, 0) is 12.8 Å². The monoisotopic (exact) mass is 241 g/mol. The summed E-state index contributed by atoms with van der Waals surface area (Å²) in [5.74, 6) is -0.648. The zero-order valence-electron chi connectivity index (χ0n) is 10.2. The first-order valence-electron chi connectivity index (χ1n) is 5.89. The van der Waals surface area contributed by atoms with E-state index in [9.17, 15) is 9.59 Å². The molecule has 0 atom stereocenters. The molecule has 0 aliphatic heterocycles. The Balaban J connectivity index is 3.40. The fourth-order valence-corrected chi connectivity index (χ4v) is 1.06. The molecule has 0 rings (SSSR count). The lowest BCUT2D eigenvalue weighted by atomic mass is 10.2. The third-order valence-electron chi connectivity index (χ3n) is 2.00. The molecule has 5 heteroatoms. The third-order valence-corrected chi connectivity index (χ3v) is 2.00. The van der Waals surface area contributed by atoms with Crippen molar-refractivity contribution in [2.45, 2.75) is 45.4 Å². The number of hydrogen-bond donors (Lipinski definition) is 0. The number of carbonyl (C=O) groups is 2. The zero-order chi connectivity index (χ0) is 12.9. The molecule has 0 unspecified atom stereocenters. The second kappa shape index (κ2) is 10.9. The minimum absolute atomic E-state index is 0.121. The normalized spacial score (nSPS) is 9.41. The predicted molar refractivity (Wildman–Crippen MR) is 60.9 cm³/mol. The van der Waals surface area contributed by atoms with Crippen LogP contribution in [0, 0.1) is 11.3 Å². The van der Waals surface area contributed by atoms with Crippen LogP contribution in [0.2, 0.25) is 0 Å². The molecule has 0 bridgehead atoms. The molecule has 0 saturated heterocycles. The molecule has 0 amide bonds. The summed E-state index contributed by atoms with van der Waals surface area (Å²) in [5.41, 5.74) is 0. The number of ether oxygens (including phenoxy) is 2. The van der Waals surface area contributed by atoms with E-state index in [1.165, 1.54) is 0 Å². The molecule has 0 N–H and O–H groups in total. The van der Waals surface area contributed by atoms with Crippen LogP contribution in [0.4, 0.5) is 0 Å². The van der Waals surface area contributed by atoms with E-state index in [1.807, 2.05) is 13.0 Å². The summed E-state index contributed by atoms with van der Waals surface area (Å²) >= 11 is 0. The van der Waals surface area contributed by atoms with Crippen LogP contribution in [0.3, 0.4) is 0 Å². The Kier molecular flexibility index (Phi) is 9.92. The Hall–Kier alpha value is -1.57. The summed E-state index contributed by atoms with van der Waals surface area (Å²) in [7, 11) is 0. The van der Waals surface area contributed by atoms with Crippen LogP contribution in [0.15, 0.2) is 0 Å². The van der Waals surface area contributed by atoms with Gasteiger partial charge >= 0.3 is 11.9 Å².